The van der Waals surface area contributed by atoms with E-state index in [1.54, 1.807) is 22.7 Å². The van der Waals surface area contributed by atoms with E-state index in [1.807, 2.05) is 6.07 Å². The number of benzene rings is 3. The molecular formula is C41H43ClN2O4S2. The van der Waals surface area contributed by atoms with E-state index in [0.29, 0.717) is 26.4 Å². The minimum Gasteiger partial charge on any atom is -0.345 e. The van der Waals surface area contributed by atoms with Crippen molar-refractivity contribution in [2.45, 2.75) is 56.9 Å². The van der Waals surface area contributed by atoms with Crippen LogP contribution in [0.1, 0.15) is 75.1 Å². The first-order valence-corrected chi connectivity index (χ1v) is 19.6. The zero-order valence-electron chi connectivity index (χ0n) is 28.5. The Kier molecular flexibility index (Phi) is 10.0. The summed E-state index contributed by atoms with van der Waals surface area (Å²) >= 11 is 9.89. The van der Waals surface area contributed by atoms with Gasteiger partial charge in [0.15, 0.2) is 12.6 Å². The van der Waals surface area contributed by atoms with E-state index < -0.39 is 0 Å². The van der Waals surface area contributed by atoms with Crippen LogP contribution < -0.4 is 5.32 Å². The summed E-state index contributed by atoms with van der Waals surface area (Å²) in [5.41, 5.74) is 9.01. The molecule has 0 radical (unpaired) electrons. The first-order chi connectivity index (χ1) is 24.4. The lowest BCUT2D eigenvalue weighted by Gasteiger charge is -2.46. The predicted octanol–water partition coefficient (Wildman–Crippen LogP) is 8.97. The Morgan fingerprint density at radius 3 is 2.06 bits per heavy atom. The highest BCUT2D eigenvalue weighted by Gasteiger charge is 2.41. The monoisotopic (exact) mass is 726 g/mol. The molecule has 0 spiro atoms. The Balaban J connectivity index is 0.000000152. The lowest BCUT2D eigenvalue weighted by Crippen LogP contribution is -2.48. The molecular weight excluding hydrogens is 684 g/mol. The first kappa shape index (κ1) is 34.2. The highest BCUT2D eigenvalue weighted by atomic mass is 35.5. The van der Waals surface area contributed by atoms with Crippen molar-refractivity contribution in [2.24, 2.45) is 0 Å². The summed E-state index contributed by atoms with van der Waals surface area (Å²) in [6, 6.07) is 30.3. The molecule has 6 heterocycles. The van der Waals surface area contributed by atoms with Crippen LogP contribution in [0.4, 0.5) is 0 Å². The van der Waals surface area contributed by atoms with E-state index in [0.717, 1.165) is 47.3 Å². The molecule has 2 fully saturated rings. The maximum Gasteiger partial charge on any atom is 0.193 e. The van der Waals surface area contributed by atoms with Crippen molar-refractivity contribution in [3.8, 4) is 0 Å². The number of halogens is 1. The van der Waals surface area contributed by atoms with Crippen LogP contribution in [0.2, 0.25) is 5.02 Å². The second-order valence-corrected chi connectivity index (χ2v) is 15.9. The molecule has 0 amide bonds. The van der Waals surface area contributed by atoms with Gasteiger partial charge in [-0.1, -0.05) is 72.3 Å². The molecule has 3 aromatic carbocycles. The van der Waals surface area contributed by atoms with Crippen LogP contribution in [0.15, 0.2) is 95.7 Å². The van der Waals surface area contributed by atoms with Crippen LogP contribution in [0, 0.1) is 0 Å². The van der Waals surface area contributed by atoms with Gasteiger partial charge in [-0.2, -0.15) is 0 Å². The summed E-state index contributed by atoms with van der Waals surface area (Å²) in [5.74, 6) is 0. The maximum absolute atomic E-state index is 6.45. The average molecular weight is 727 g/mol. The Bertz CT molecular complexity index is 1920. The maximum atomic E-state index is 6.45. The van der Waals surface area contributed by atoms with Gasteiger partial charge in [-0.15, -0.1) is 22.7 Å². The number of ether oxygens (including phenoxy) is 4. The van der Waals surface area contributed by atoms with Crippen LogP contribution in [0.5, 0.6) is 0 Å². The molecule has 5 aromatic rings. The van der Waals surface area contributed by atoms with Crippen molar-refractivity contribution in [2.75, 3.05) is 39.5 Å². The quantitative estimate of drug-likeness (QED) is 0.189. The van der Waals surface area contributed by atoms with Gasteiger partial charge in [-0.05, 0) is 101 Å². The molecule has 0 aliphatic carbocycles. The Morgan fingerprint density at radius 2 is 1.34 bits per heavy atom. The molecule has 2 unspecified atom stereocenters. The minimum absolute atomic E-state index is 0.123. The van der Waals surface area contributed by atoms with E-state index in [4.69, 9.17) is 30.5 Å². The van der Waals surface area contributed by atoms with Gasteiger partial charge >= 0.3 is 0 Å². The minimum atomic E-state index is -0.262. The molecule has 6 nitrogen and oxygen atoms in total. The van der Waals surface area contributed by atoms with Crippen molar-refractivity contribution >= 4 is 34.3 Å². The summed E-state index contributed by atoms with van der Waals surface area (Å²) in [7, 11) is 0. The number of hydrogen-bond acceptors (Lipinski definition) is 8. The van der Waals surface area contributed by atoms with Crippen LogP contribution in [-0.2, 0) is 49.4 Å². The van der Waals surface area contributed by atoms with Crippen LogP contribution in [0.3, 0.4) is 0 Å². The van der Waals surface area contributed by atoms with Crippen molar-refractivity contribution < 1.29 is 18.9 Å². The summed E-state index contributed by atoms with van der Waals surface area (Å²) in [5, 5.41) is 8.97. The van der Waals surface area contributed by atoms with Crippen molar-refractivity contribution in [1.29, 1.82) is 0 Å². The van der Waals surface area contributed by atoms with Crippen LogP contribution in [-0.4, -0.2) is 44.4 Å². The number of rotatable bonds is 6. The third kappa shape index (κ3) is 6.62. The number of fused-ring (bicyclic) bond motifs is 2. The number of nitrogens with one attached hydrogen (secondary N) is 1. The summed E-state index contributed by atoms with van der Waals surface area (Å²) in [6.07, 6.45) is 1.71. The fourth-order valence-corrected chi connectivity index (χ4v) is 9.97. The summed E-state index contributed by atoms with van der Waals surface area (Å²) in [6.45, 7) is 10.2. The lowest BCUT2D eigenvalue weighted by atomic mass is 9.77. The molecule has 9 heteroatoms. The normalized spacial score (nSPS) is 24.1. The molecule has 260 valence electrons. The molecule has 2 aromatic heterocycles. The largest absolute Gasteiger partial charge is 0.345 e. The number of thiophene rings is 2. The number of hydrogen-bond donors (Lipinski definition) is 1. The molecule has 2 saturated heterocycles. The van der Waals surface area contributed by atoms with Gasteiger partial charge < -0.3 is 24.3 Å². The fourth-order valence-electron chi connectivity index (χ4n) is 7.79. The topological polar surface area (TPSA) is 52.2 Å². The smallest absolute Gasteiger partial charge is 0.193 e. The van der Waals surface area contributed by atoms with Gasteiger partial charge in [0.05, 0.1) is 47.3 Å². The zero-order chi connectivity index (χ0) is 34.1. The lowest BCUT2D eigenvalue weighted by molar-refractivity contribution is -0.0416. The van der Waals surface area contributed by atoms with Gasteiger partial charge in [0.2, 0.25) is 0 Å². The Labute approximate surface area is 307 Å². The molecule has 4 aliphatic heterocycles. The standard InChI is InChI=1S/C24H24ClNO2S.C17H19NO2S/c1-24(19-13-22(29-16-19)23-27-11-12-28-23)21-14-20(25)8-7-18(21)9-10-26(24)15-17-5-3-2-4-6-17;1-17(14-5-3-2-4-12(14)6-7-18-17)13-10-15(21-11-13)16-19-8-9-20-16/h2-8,13-14,16,23H,9-12,15H2,1H3;2-5,10-11,16,18H,6-9H2,1H3. The third-order valence-corrected chi connectivity index (χ3v) is 12.8. The SMILES string of the molecule is CC1(c2csc(C3OCCO3)c2)NCCc2ccccc21.CC1(c2csc(C3OCCO3)c2)c2cc(Cl)ccc2CCN1Cc1ccccc1. The average Bonchev–Trinajstić information content (AvgIpc) is 3.98. The number of nitrogens with zero attached hydrogens (tertiary/aromatic N) is 1. The van der Waals surface area contributed by atoms with Gasteiger partial charge in [0.1, 0.15) is 0 Å². The fraction of sp³-hybridized carbons (Fsp3) is 0.366. The van der Waals surface area contributed by atoms with E-state index in [1.165, 1.54) is 38.9 Å². The van der Waals surface area contributed by atoms with E-state index in [2.05, 4.69) is 114 Å². The summed E-state index contributed by atoms with van der Waals surface area (Å²) in [4.78, 5) is 4.87. The predicted molar refractivity (Wildman–Crippen MR) is 201 cm³/mol. The first-order valence-electron chi connectivity index (χ1n) is 17.5. The van der Waals surface area contributed by atoms with Gasteiger partial charge in [-0.25, -0.2) is 0 Å². The highest BCUT2D eigenvalue weighted by molar-refractivity contribution is 7.10. The molecule has 0 saturated carbocycles. The summed E-state index contributed by atoms with van der Waals surface area (Å²) < 4.78 is 22.7. The molecule has 1 N–H and O–H groups in total. The highest BCUT2D eigenvalue weighted by Crippen LogP contribution is 2.45. The second-order valence-electron chi connectivity index (χ2n) is 13.6. The van der Waals surface area contributed by atoms with Crippen LogP contribution in [0.25, 0.3) is 0 Å². The van der Waals surface area contributed by atoms with Gasteiger partial charge in [0.25, 0.3) is 0 Å². The van der Waals surface area contributed by atoms with Gasteiger partial charge in [0, 0.05) is 24.7 Å². The van der Waals surface area contributed by atoms with Crippen molar-refractivity contribution in [3.63, 3.8) is 0 Å². The van der Waals surface area contributed by atoms with Crippen molar-refractivity contribution in [3.05, 3.63) is 149 Å². The molecule has 9 rings (SSSR count). The zero-order valence-corrected chi connectivity index (χ0v) is 30.9. The Morgan fingerprint density at radius 1 is 0.720 bits per heavy atom. The molecule has 4 aliphatic rings. The van der Waals surface area contributed by atoms with Crippen molar-refractivity contribution in [1.82, 2.24) is 10.2 Å². The molecule has 0 bridgehead atoms. The molecule has 50 heavy (non-hydrogen) atoms. The van der Waals surface area contributed by atoms with Gasteiger partial charge in [-0.3, -0.25) is 4.90 Å². The molecule has 2 atom stereocenters. The third-order valence-electron chi connectivity index (χ3n) is 10.6. The Hall–Kier alpha value is -2.89. The van der Waals surface area contributed by atoms with E-state index >= 15 is 0 Å². The van der Waals surface area contributed by atoms with E-state index in [-0.39, 0.29) is 23.7 Å². The van der Waals surface area contributed by atoms with E-state index in [9.17, 15) is 0 Å². The second kappa shape index (κ2) is 14.6. The van der Waals surface area contributed by atoms with Crippen LogP contribution >= 0.6 is 34.3 Å².